The van der Waals surface area contributed by atoms with Gasteiger partial charge >= 0.3 is 0 Å². The van der Waals surface area contributed by atoms with Gasteiger partial charge in [0, 0.05) is 18.8 Å². The molecule has 0 aliphatic heterocycles. The molecular weight excluding hydrogens is 200 g/mol. The van der Waals surface area contributed by atoms with E-state index in [0.717, 1.165) is 6.54 Å². The average molecular weight is 216 g/mol. The maximum atomic E-state index is 8.82. The quantitative estimate of drug-likeness (QED) is 0.776. The highest BCUT2D eigenvalue weighted by Gasteiger charge is 2.23. The topological polar surface area (TPSA) is 52.8 Å². The molecule has 1 aliphatic carbocycles. The van der Waals surface area contributed by atoms with Gasteiger partial charge in [0.2, 0.25) is 5.95 Å². The van der Waals surface area contributed by atoms with Gasteiger partial charge in [0.25, 0.3) is 0 Å². The van der Waals surface area contributed by atoms with Crippen LogP contribution in [0, 0.1) is 11.3 Å². The summed E-state index contributed by atoms with van der Waals surface area (Å²) in [5.74, 6) is 0.702. The first-order valence-corrected chi connectivity index (χ1v) is 5.85. The van der Waals surface area contributed by atoms with Crippen LogP contribution in [0.1, 0.15) is 38.3 Å². The standard InChI is InChI=1S/C12H16N4/c1-2-16(11-5-3-4-6-11)12-14-8-7-10(9-13)15-12/h7-8,11H,2-6H2,1H3. The molecule has 0 aromatic carbocycles. The molecule has 0 bridgehead atoms. The number of aromatic nitrogens is 2. The maximum absolute atomic E-state index is 8.82. The SMILES string of the molecule is CCN(c1nccc(C#N)n1)C1CCCC1. The van der Waals surface area contributed by atoms with Crippen LogP contribution >= 0.6 is 0 Å². The largest absolute Gasteiger partial charge is 0.338 e. The fourth-order valence-electron chi connectivity index (χ4n) is 2.33. The Balaban J connectivity index is 2.22. The second-order valence-corrected chi connectivity index (χ2v) is 4.08. The average Bonchev–Trinajstić information content (AvgIpc) is 2.84. The molecule has 0 radical (unpaired) electrons. The molecule has 16 heavy (non-hydrogen) atoms. The number of nitrogens with zero attached hydrogens (tertiary/aromatic N) is 4. The van der Waals surface area contributed by atoms with Crippen LogP contribution in [0.15, 0.2) is 12.3 Å². The van der Waals surface area contributed by atoms with Gasteiger partial charge in [0.05, 0.1) is 0 Å². The molecule has 4 nitrogen and oxygen atoms in total. The molecule has 4 heteroatoms. The summed E-state index contributed by atoms with van der Waals surface area (Å²) in [4.78, 5) is 10.7. The lowest BCUT2D eigenvalue weighted by Gasteiger charge is -2.27. The van der Waals surface area contributed by atoms with E-state index in [4.69, 9.17) is 5.26 Å². The Morgan fingerprint density at radius 1 is 1.50 bits per heavy atom. The fourth-order valence-corrected chi connectivity index (χ4v) is 2.33. The highest BCUT2D eigenvalue weighted by Crippen LogP contribution is 2.25. The van der Waals surface area contributed by atoms with Crippen molar-refractivity contribution in [1.29, 1.82) is 5.26 Å². The van der Waals surface area contributed by atoms with E-state index >= 15 is 0 Å². The van der Waals surface area contributed by atoms with Crippen molar-refractivity contribution in [2.24, 2.45) is 0 Å². The lowest BCUT2D eigenvalue weighted by Crippen LogP contribution is -2.34. The molecule has 0 N–H and O–H groups in total. The summed E-state index contributed by atoms with van der Waals surface area (Å²) in [6, 6.07) is 4.26. The van der Waals surface area contributed by atoms with Gasteiger partial charge in [-0.15, -0.1) is 0 Å². The Morgan fingerprint density at radius 2 is 2.25 bits per heavy atom. The van der Waals surface area contributed by atoms with Crippen LogP contribution in [0.3, 0.4) is 0 Å². The van der Waals surface area contributed by atoms with E-state index < -0.39 is 0 Å². The minimum absolute atomic E-state index is 0.446. The van der Waals surface area contributed by atoms with E-state index in [2.05, 4.69) is 27.9 Å². The van der Waals surface area contributed by atoms with Gasteiger partial charge in [-0.2, -0.15) is 5.26 Å². The Hall–Kier alpha value is -1.63. The molecule has 1 fully saturated rings. The summed E-state index contributed by atoms with van der Waals surface area (Å²) in [5.41, 5.74) is 0.446. The molecule has 0 amide bonds. The Morgan fingerprint density at radius 3 is 2.88 bits per heavy atom. The van der Waals surface area contributed by atoms with Crippen molar-refractivity contribution < 1.29 is 0 Å². The van der Waals surface area contributed by atoms with Gasteiger partial charge in [-0.25, -0.2) is 9.97 Å². The summed E-state index contributed by atoms with van der Waals surface area (Å²) in [6.45, 7) is 3.01. The van der Waals surface area contributed by atoms with E-state index in [1.807, 2.05) is 0 Å². The number of hydrogen-bond acceptors (Lipinski definition) is 4. The van der Waals surface area contributed by atoms with Crippen molar-refractivity contribution in [3.8, 4) is 6.07 Å². The minimum atomic E-state index is 0.446. The third-order valence-electron chi connectivity index (χ3n) is 3.12. The van der Waals surface area contributed by atoms with Gasteiger partial charge in [-0.05, 0) is 25.8 Å². The highest BCUT2D eigenvalue weighted by molar-refractivity contribution is 5.35. The lowest BCUT2D eigenvalue weighted by molar-refractivity contribution is 0.604. The molecule has 1 aromatic heterocycles. The smallest absolute Gasteiger partial charge is 0.226 e. The van der Waals surface area contributed by atoms with Crippen LogP contribution in [0.4, 0.5) is 5.95 Å². The Labute approximate surface area is 95.9 Å². The number of anilines is 1. The van der Waals surface area contributed by atoms with Crippen LogP contribution < -0.4 is 4.90 Å². The summed E-state index contributed by atoms with van der Waals surface area (Å²) in [7, 11) is 0. The van der Waals surface area contributed by atoms with E-state index in [1.165, 1.54) is 25.7 Å². The molecule has 2 rings (SSSR count). The Kier molecular flexibility index (Phi) is 3.35. The van der Waals surface area contributed by atoms with Crippen molar-refractivity contribution in [3.63, 3.8) is 0 Å². The molecular formula is C12H16N4. The summed E-state index contributed by atoms with van der Waals surface area (Å²) < 4.78 is 0. The summed E-state index contributed by atoms with van der Waals surface area (Å²) in [6.07, 6.45) is 6.68. The maximum Gasteiger partial charge on any atom is 0.226 e. The van der Waals surface area contributed by atoms with Crippen LogP contribution in [0.25, 0.3) is 0 Å². The van der Waals surface area contributed by atoms with Gasteiger partial charge in [-0.1, -0.05) is 12.8 Å². The van der Waals surface area contributed by atoms with Crippen molar-refractivity contribution in [3.05, 3.63) is 18.0 Å². The first-order chi connectivity index (χ1) is 7.85. The van der Waals surface area contributed by atoms with Gasteiger partial charge in [-0.3, -0.25) is 0 Å². The monoisotopic (exact) mass is 216 g/mol. The zero-order valence-corrected chi connectivity index (χ0v) is 9.56. The molecule has 84 valence electrons. The molecule has 0 atom stereocenters. The second kappa shape index (κ2) is 4.93. The van der Waals surface area contributed by atoms with Crippen molar-refractivity contribution in [2.45, 2.75) is 38.6 Å². The van der Waals surface area contributed by atoms with Crippen LogP contribution in [0.5, 0.6) is 0 Å². The van der Waals surface area contributed by atoms with Crippen LogP contribution in [-0.4, -0.2) is 22.6 Å². The highest BCUT2D eigenvalue weighted by atomic mass is 15.3. The zero-order chi connectivity index (χ0) is 11.4. The third kappa shape index (κ3) is 2.13. The molecule has 0 spiro atoms. The molecule has 1 heterocycles. The van der Waals surface area contributed by atoms with E-state index in [1.54, 1.807) is 12.3 Å². The lowest BCUT2D eigenvalue weighted by atomic mass is 10.2. The number of nitriles is 1. The summed E-state index contributed by atoms with van der Waals surface area (Å²) in [5, 5.41) is 8.82. The number of rotatable bonds is 3. The van der Waals surface area contributed by atoms with E-state index in [0.29, 0.717) is 17.7 Å². The van der Waals surface area contributed by atoms with Crippen LogP contribution in [-0.2, 0) is 0 Å². The van der Waals surface area contributed by atoms with Crippen LogP contribution in [0.2, 0.25) is 0 Å². The Bertz CT molecular complexity index is 390. The third-order valence-corrected chi connectivity index (χ3v) is 3.12. The fraction of sp³-hybridized carbons (Fsp3) is 0.583. The molecule has 1 aliphatic rings. The van der Waals surface area contributed by atoms with E-state index in [9.17, 15) is 0 Å². The second-order valence-electron chi connectivity index (χ2n) is 4.08. The molecule has 1 saturated carbocycles. The van der Waals surface area contributed by atoms with Crippen molar-refractivity contribution >= 4 is 5.95 Å². The normalized spacial score (nSPS) is 16.0. The predicted molar refractivity (Wildman–Crippen MR) is 62.0 cm³/mol. The van der Waals surface area contributed by atoms with Crippen molar-refractivity contribution in [2.75, 3.05) is 11.4 Å². The van der Waals surface area contributed by atoms with Gasteiger partial charge < -0.3 is 4.90 Å². The van der Waals surface area contributed by atoms with Gasteiger partial charge in [0.1, 0.15) is 11.8 Å². The first kappa shape index (κ1) is 10.9. The molecule has 0 unspecified atom stereocenters. The number of hydrogen-bond donors (Lipinski definition) is 0. The van der Waals surface area contributed by atoms with Gasteiger partial charge in [0.15, 0.2) is 0 Å². The van der Waals surface area contributed by atoms with Crippen molar-refractivity contribution in [1.82, 2.24) is 9.97 Å². The summed E-state index contributed by atoms with van der Waals surface area (Å²) >= 11 is 0. The minimum Gasteiger partial charge on any atom is -0.338 e. The zero-order valence-electron chi connectivity index (χ0n) is 9.56. The molecule has 0 saturated heterocycles. The first-order valence-electron chi connectivity index (χ1n) is 5.85. The molecule has 1 aromatic rings. The van der Waals surface area contributed by atoms with E-state index in [-0.39, 0.29) is 0 Å². The predicted octanol–water partition coefficient (Wildman–Crippen LogP) is 2.12.